The molecule has 0 saturated carbocycles. The fraction of sp³-hybridized carbons (Fsp3) is 0.300. The van der Waals surface area contributed by atoms with Crippen molar-refractivity contribution in [3.8, 4) is 5.75 Å². The Labute approximate surface area is 158 Å². The first kappa shape index (κ1) is 19.8. The Bertz CT molecular complexity index is 774. The predicted octanol–water partition coefficient (Wildman–Crippen LogP) is 4.16. The van der Waals surface area contributed by atoms with Gasteiger partial charge >= 0.3 is 5.97 Å². The van der Waals surface area contributed by atoms with Crippen LogP contribution in [0, 0.1) is 6.92 Å². The number of carbonyl (C=O) groups excluding carboxylic acids is 2. The third-order valence-electron chi connectivity index (χ3n) is 3.74. The molecule has 0 aliphatic rings. The van der Waals surface area contributed by atoms with E-state index in [-0.39, 0.29) is 6.61 Å². The quantitative estimate of drug-likeness (QED) is 0.738. The van der Waals surface area contributed by atoms with Crippen LogP contribution in [0.25, 0.3) is 0 Å². The van der Waals surface area contributed by atoms with Crippen LogP contribution in [0.3, 0.4) is 0 Å². The average Bonchev–Trinajstić information content (AvgIpc) is 2.63. The maximum Gasteiger partial charge on any atom is 0.344 e. The molecular formula is C20H22ClNO4. The molecule has 0 unspecified atom stereocenters. The molecule has 2 aromatic rings. The van der Waals surface area contributed by atoms with Crippen LogP contribution in [0.1, 0.15) is 25.0 Å². The average molecular weight is 376 g/mol. The van der Waals surface area contributed by atoms with Gasteiger partial charge in [0.2, 0.25) is 0 Å². The summed E-state index contributed by atoms with van der Waals surface area (Å²) in [6.07, 6.45) is -0.0161. The summed E-state index contributed by atoms with van der Waals surface area (Å²) in [4.78, 5) is 24.0. The lowest BCUT2D eigenvalue weighted by Crippen LogP contribution is -2.31. The van der Waals surface area contributed by atoms with Crippen LogP contribution in [-0.2, 0) is 20.7 Å². The van der Waals surface area contributed by atoms with Crippen molar-refractivity contribution in [3.05, 3.63) is 58.6 Å². The van der Waals surface area contributed by atoms with Crippen LogP contribution in [0.2, 0.25) is 5.02 Å². The van der Waals surface area contributed by atoms with Crippen molar-refractivity contribution in [2.75, 3.05) is 11.9 Å². The summed E-state index contributed by atoms with van der Waals surface area (Å²) < 4.78 is 10.5. The van der Waals surface area contributed by atoms with E-state index in [4.69, 9.17) is 21.1 Å². The molecule has 2 aromatic carbocycles. The number of carbonyl (C=O) groups is 2. The number of amides is 1. The second-order valence-electron chi connectivity index (χ2n) is 5.89. The molecule has 0 fully saturated rings. The van der Waals surface area contributed by atoms with Gasteiger partial charge in [-0.05, 0) is 55.7 Å². The van der Waals surface area contributed by atoms with Gasteiger partial charge in [0.15, 0.2) is 12.7 Å². The highest BCUT2D eigenvalue weighted by molar-refractivity contribution is 6.32. The van der Waals surface area contributed by atoms with E-state index in [2.05, 4.69) is 12.2 Å². The Balaban J connectivity index is 1.83. The molecule has 0 aliphatic carbocycles. The fourth-order valence-electron chi connectivity index (χ4n) is 2.21. The molecule has 0 spiro atoms. The lowest BCUT2D eigenvalue weighted by atomic mass is 10.1. The van der Waals surface area contributed by atoms with E-state index in [1.54, 1.807) is 12.1 Å². The van der Waals surface area contributed by atoms with Gasteiger partial charge in [0.05, 0.1) is 5.02 Å². The summed E-state index contributed by atoms with van der Waals surface area (Å²) in [5.41, 5.74) is 2.78. The van der Waals surface area contributed by atoms with Crippen molar-refractivity contribution < 1.29 is 19.1 Å². The Morgan fingerprint density at radius 3 is 2.50 bits per heavy atom. The molecular weight excluding hydrogens is 354 g/mol. The van der Waals surface area contributed by atoms with Gasteiger partial charge in [0.25, 0.3) is 5.91 Å². The normalized spacial score (nSPS) is 11.5. The summed E-state index contributed by atoms with van der Waals surface area (Å²) in [6, 6.07) is 12.8. The standard InChI is InChI=1S/C20H22ClNO4/c1-4-15-6-8-16(9-7-15)22-20(24)14(3)26-19(23)12-25-18-11-13(2)5-10-17(18)21/h5-11,14H,4,12H2,1-3H3,(H,22,24)/t14-/m0/s1. The number of nitrogens with one attached hydrogen (secondary N) is 1. The highest BCUT2D eigenvalue weighted by Crippen LogP contribution is 2.25. The van der Waals surface area contributed by atoms with Crippen molar-refractivity contribution in [2.45, 2.75) is 33.3 Å². The monoisotopic (exact) mass is 375 g/mol. The highest BCUT2D eigenvalue weighted by Gasteiger charge is 2.18. The molecule has 6 heteroatoms. The van der Waals surface area contributed by atoms with E-state index in [1.165, 1.54) is 12.5 Å². The first-order valence-electron chi connectivity index (χ1n) is 8.37. The summed E-state index contributed by atoms with van der Waals surface area (Å²) >= 11 is 6.01. The van der Waals surface area contributed by atoms with Crippen LogP contribution in [0.5, 0.6) is 5.75 Å². The number of hydrogen-bond donors (Lipinski definition) is 1. The van der Waals surface area contributed by atoms with Gasteiger partial charge in [0, 0.05) is 5.69 Å². The van der Waals surface area contributed by atoms with Crippen molar-refractivity contribution in [1.82, 2.24) is 0 Å². The fourth-order valence-corrected chi connectivity index (χ4v) is 2.38. The molecule has 1 N–H and O–H groups in total. The van der Waals surface area contributed by atoms with Gasteiger partial charge in [-0.15, -0.1) is 0 Å². The summed E-state index contributed by atoms with van der Waals surface area (Å²) in [5.74, 6) is -0.653. The SMILES string of the molecule is CCc1ccc(NC(=O)[C@H](C)OC(=O)COc2cc(C)ccc2Cl)cc1. The smallest absolute Gasteiger partial charge is 0.344 e. The number of ether oxygens (including phenoxy) is 2. The highest BCUT2D eigenvalue weighted by atomic mass is 35.5. The predicted molar refractivity (Wildman–Crippen MR) is 102 cm³/mol. The minimum absolute atomic E-state index is 0.327. The molecule has 0 bridgehead atoms. The molecule has 0 aliphatic heterocycles. The Morgan fingerprint density at radius 2 is 1.85 bits per heavy atom. The topological polar surface area (TPSA) is 64.6 Å². The lowest BCUT2D eigenvalue weighted by molar-refractivity contribution is -0.155. The first-order chi connectivity index (χ1) is 12.4. The van der Waals surface area contributed by atoms with E-state index in [9.17, 15) is 9.59 Å². The second-order valence-corrected chi connectivity index (χ2v) is 6.30. The second kappa shape index (κ2) is 9.25. The van der Waals surface area contributed by atoms with Crippen LogP contribution in [0.15, 0.2) is 42.5 Å². The van der Waals surface area contributed by atoms with Gasteiger partial charge in [-0.3, -0.25) is 4.79 Å². The number of aryl methyl sites for hydroxylation is 2. The van der Waals surface area contributed by atoms with E-state index >= 15 is 0 Å². The van der Waals surface area contributed by atoms with Crippen LogP contribution in [0.4, 0.5) is 5.69 Å². The molecule has 1 amide bonds. The number of anilines is 1. The van der Waals surface area contributed by atoms with Crippen LogP contribution < -0.4 is 10.1 Å². The number of benzene rings is 2. The maximum atomic E-state index is 12.1. The van der Waals surface area contributed by atoms with Crippen molar-refractivity contribution >= 4 is 29.2 Å². The maximum absolute atomic E-state index is 12.1. The van der Waals surface area contributed by atoms with Crippen LogP contribution in [-0.4, -0.2) is 24.6 Å². The van der Waals surface area contributed by atoms with Gasteiger partial charge in [-0.25, -0.2) is 4.79 Å². The Morgan fingerprint density at radius 1 is 1.15 bits per heavy atom. The van der Waals surface area contributed by atoms with Crippen molar-refractivity contribution in [2.24, 2.45) is 0 Å². The number of rotatable bonds is 7. The molecule has 138 valence electrons. The van der Waals surface area contributed by atoms with Gasteiger partial charge in [0.1, 0.15) is 5.75 Å². The number of hydrogen-bond acceptors (Lipinski definition) is 4. The zero-order valence-corrected chi connectivity index (χ0v) is 15.8. The minimum Gasteiger partial charge on any atom is -0.480 e. The number of esters is 1. The van der Waals surface area contributed by atoms with Gasteiger partial charge in [-0.1, -0.05) is 36.7 Å². The first-order valence-corrected chi connectivity index (χ1v) is 8.75. The Kier molecular flexibility index (Phi) is 7.04. The van der Waals surface area contributed by atoms with Gasteiger partial charge in [-0.2, -0.15) is 0 Å². The van der Waals surface area contributed by atoms with Crippen LogP contribution >= 0.6 is 11.6 Å². The largest absolute Gasteiger partial charge is 0.480 e. The molecule has 0 aromatic heterocycles. The molecule has 5 nitrogen and oxygen atoms in total. The van der Waals surface area contributed by atoms with Crippen molar-refractivity contribution in [3.63, 3.8) is 0 Å². The van der Waals surface area contributed by atoms with E-state index < -0.39 is 18.0 Å². The Hall–Kier alpha value is -2.53. The van der Waals surface area contributed by atoms with Crippen molar-refractivity contribution in [1.29, 1.82) is 0 Å². The third-order valence-corrected chi connectivity index (χ3v) is 4.05. The summed E-state index contributed by atoms with van der Waals surface area (Å²) in [6.45, 7) is 5.13. The van der Waals surface area contributed by atoms with E-state index in [1.807, 2.05) is 37.3 Å². The molecule has 26 heavy (non-hydrogen) atoms. The summed E-state index contributed by atoms with van der Waals surface area (Å²) in [5, 5.41) is 3.12. The van der Waals surface area contributed by atoms with Gasteiger partial charge < -0.3 is 14.8 Å². The van der Waals surface area contributed by atoms with E-state index in [0.29, 0.717) is 16.5 Å². The molecule has 0 saturated heterocycles. The third kappa shape index (κ3) is 5.77. The lowest BCUT2D eigenvalue weighted by Gasteiger charge is -2.14. The zero-order chi connectivity index (χ0) is 19.1. The van der Waals surface area contributed by atoms with E-state index in [0.717, 1.165) is 12.0 Å². The molecule has 0 heterocycles. The number of halogens is 1. The zero-order valence-electron chi connectivity index (χ0n) is 15.0. The molecule has 1 atom stereocenters. The molecule has 2 rings (SSSR count). The summed E-state index contributed by atoms with van der Waals surface area (Å²) in [7, 11) is 0. The molecule has 0 radical (unpaired) electrons. The minimum atomic E-state index is -0.940.